The summed E-state index contributed by atoms with van der Waals surface area (Å²) >= 11 is 0. The Kier molecular flexibility index (Phi) is 2.15. The predicted octanol–water partition coefficient (Wildman–Crippen LogP) is 2.23. The van der Waals surface area contributed by atoms with Crippen LogP contribution < -0.4 is 4.74 Å². The molecule has 0 unspecified atom stereocenters. The van der Waals surface area contributed by atoms with Crippen LogP contribution in [0.25, 0.3) is 0 Å². The molecule has 2 heteroatoms. The summed E-state index contributed by atoms with van der Waals surface area (Å²) in [5, 5.41) is 10.6. The largest absolute Gasteiger partial charge is 0.494 e. The number of ether oxygens (including phenoxy) is 1. The van der Waals surface area contributed by atoms with Crippen molar-refractivity contribution in [2.75, 3.05) is 6.61 Å². The Hall–Kier alpha value is -1.18. The fraction of sp³-hybridized carbons (Fsp3) is 0.250. The normalized spacial score (nSPS) is 9.30. The lowest BCUT2D eigenvalue weighted by atomic mass is 10.3. The Morgan fingerprint density at radius 3 is 2.40 bits per heavy atom. The Labute approximate surface area is 60.1 Å². The van der Waals surface area contributed by atoms with Gasteiger partial charge in [0.15, 0.2) is 5.75 Å². The zero-order chi connectivity index (χ0) is 7.40. The van der Waals surface area contributed by atoms with Crippen molar-refractivity contribution in [3.05, 3.63) is 24.3 Å². The molecule has 2 nitrogen and oxygen atoms in total. The molecule has 1 aromatic rings. The predicted molar refractivity (Wildman–Crippen MR) is 37.7 cm³/mol. The van der Waals surface area contributed by atoms with E-state index in [9.17, 15) is 5.11 Å². The van der Waals surface area contributed by atoms with Gasteiger partial charge in [-0.1, -0.05) is 0 Å². The van der Waals surface area contributed by atoms with Gasteiger partial charge in [-0.25, -0.2) is 0 Å². The van der Waals surface area contributed by atoms with Crippen molar-refractivity contribution in [3.63, 3.8) is 0 Å². The number of hydrogen-bond donors (Lipinski definition) is 0. The molecule has 53 valence electrons. The third-order valence-electron chi connectivity index (χ3n) is 1.13. The lowest BCUT2D eigenvalue weighted by Gasteiger charge is -1.99. The zero-order valence-corrected chi connectivity index (χ0v) is 5.83. The van der Waals surface area contributed by atoms with E-state index in [1.54, 1.807) is 12.1 Å². The minimum absolute atomic E-state index is 0.0171. The van der Waals surface area contributed by atoms with E-state index in [0.717, 1.165) is 5.75 Å². The molecule has 0 spiro atoms. The lowest BCUT2D eigenvalue weighted by molar-refractivity contribution is 0.334. The van der Waals surface area contributed by atoms with E-state index in [4.69, 9.17) is 4.74 Å². The van der Waals surface area contributed by atoms with Crippen molar-refractivity contribution in [3.8, 4) is 11.5 Å². The van der Waals surface area contributed by atoms with Crippen LogP contribution in [-0.2, 0) is 5.11 Å². The van der Waals surface area contributed by atoms with Crippen LogP contribution in [0.3, 0.4) is 0 Å². The maximum Gasteiger partial charge on any atom is 0.178 e. The third-order valence-corrected chi connectivity index (χ3v) is 1.13. The van der Waals surface area contributed by atoms with Crippen molar-refractivity contribution in [2.24, 2.45) is 0 Å². The maximum atomic E-state index is 10.6. The fourth-order valence-electron chi connectivity index (χ4n) is 0.703. The van der Waals surface area contributed by atoms with Gasteiger partial charge in [-0.15, -0.1) is 0 Å². The van der Waals surface area contributed by atoms with Crippen molar-refractivity contribution in [2.45, 2.75) is 6.92 Å². The molecule has 10 heavy (non-hydrogen) atoms. The summed E-state index contributed by atoms with van der Waals surface area (Å²) < 4.78 is 5.12. The summed E-state index contributed by atoms with van der Waals surface area (Å²) in [5.74, 6) is 0.769. The van der Waals surface area contributed by atoms with Crippen molar-refractivity contribution < 1.29 is 9.84 Å². The van der Waals surface area contributed by atoms with Gasteiger partial charge in [0.2, 0.25) is 0 Å². The summed E-state index contributed by atoms with van der Waals surface area (Å²) in [7, 11) is 0. The SMILES string of the molecule is CCOc1ccc([O])cc1. The molecule has 0 saturated carbocycles. The van der Waals surface area contributed by atoms with Crippen LogP contribution in [0.4, 0.5) is 0 Å². The van der Waals surface area contributed by atoms with Crippen LogP contribution in [0.1, 0.15) is 6.92 Å². The average Bonchev–Trinajstić information content (AvgIpc) is 1.95. The van der Waals surface area contributed by atoms with E-state index in [1.165, 1.54) is 12.1 Å². The van der Waals surface area contributed by atoms with Gasteiger partial charge in [-0.3, -0.25) is 5.11 Å². The van der Waals surface area contributed by atoms with Gasteiger partial charge < -0.3 is 4.74 Å². The molecule has 0 aromatic heterocycles. The van der Waals surface area contributed by atoms with E-state index >= 15 is 0 Å². The number of hydrogen-bond acceptors (Lipinski definition) is 1. The molecule has 0 atom stereocenters. The van der Waals surface area contributed by atoms with Crippen LogP contribution in [0.15, 0.2) is 24.3 Å². The molecule has 0 fully saturated rings. The van der Waals surface area contributed by atoms with Crippen molar-refractivity contribution >= 4 is 0 Å². The average molecular weight is 137 g/mol. The lowest BCUT2D eigenvalue weighted by Crippen LogP contribution is -1.89. The Morgan fingerprint density at radius 2 is 1.90 bits per heavy atom. The molecule has 1 radical (unpaired) electrons. The van der Waals surface area contributed by atoms with Gasteiger partial charge in [0, 0.05) is 0 Å². The Balaban J connectivity index is 2.69. The maximum absolute atomic E-state index is 10.6. The molecule has 1 rings (SSSR count). The van der Waals surface area contributed by atoms with Crippen LogP contribution in [0.5, 0.6) is 11.5 Å². The first-order valence-electron chi connectivity index (χ1n) is 3.23. The smallest absolute Gasteiger partial charge is 0.178 e. The van der Waals surface area contributed by atoms with Crippen LogP contribution in [-0.4, -0.2) is 6.61 Å². The minimum Gasteiger partial charge on any atom is -0.494 e. The molecule has 0 aliphatic rings. The quantitative estimate of drug-likeness (QED) is 0.614. The zero-order valence-electron chi connectivity index (χ0n) is 5.83. The van der Waals surface area contributed by atoms with E-state index in [2.05, 4.69) is 0 Å². The molecule has 0 heterocycles. The van der Waals surface area contributed by atoms with Gasteiger partial charge in [-0.2, -0.15) is 0 Å². The highest BCUT2D eigenvalue weighted by Gasteiger charge is 1.91. The number of rotatable bonds is 2. The monoisotopic (exact) mass is 137 g/mol. The van der Waals surface area contributed by atoms with Gasteiger partial charge in [0.05, 0.1) is 6.61 Å². The standard InChI is InChI=1S/C8H9O2/c1-2-10-8-5-3-7(9)4-6-8/h3-6H,2H2,1H3. The van der Waals surface area contributed by atoms with E-state index in [-0.39, 0.29) is 5.75 Å². The second kappa shape index (κ2) is 3.11. The van der Waals surface area contributed by atoms with Crippen molar-refractivity contribution in [1.29, 1.82) is 0 Å². The van der Waals surface area contributed by atoms with Gasteiger partial charge >= 0.3 is 0 Å². The van der Waals surface area contributed by atoms with Gasteiger partial charge in [-0.05, 0) is 31.2 Å². The second-order valence-corrected chi connectivity index (χ2v) is 1.90. The van der Waals surface area contributed by atoms with E-state index < -0.39 is 0 Å². The Morgan fingerprint density at radius 1 is 1.30 bits per heavy atom. The fourth-order valence-corrected chi connectivity index (χ4v) is 0.703. The summed E-state index contributed by atoms with van der Waals surface area (Å²) in [5.41, 5.74) is 0. The molecule has 0 bridgehead atoms. The highest BCUT2D eigenvalue weighted by Crippen LogP contribution is 2.15. The Bertz CT molecular complexity index is 191. The molecule has 0 saturated heterocycles. The highest BCUT2D eigenvalue weighted by atomic mass is 16.5. The summed E-state index contributed by atoms with van der Waals surface area (Å²) in [6.07, 6.45) is 0. The third kappa shape index (κ3) is 1.65. The van der Waals surface area contributed by atoms with Crippen LogP contribution >= 0.6 is 0 Å². The molecular weight excluding hydrogens is 128 g/mol. The molecule has 0 aliphatic carbocycles. The summed E-state index contributed by atoms with van der Waals surface area (Å²) in [6.45, 7) is 2.54. The van der Waals surface area contributed by atoms with Crippen LogP contribution in [0, 0.1) is 0 Å². The van der Waals surface area contributed by atoms with Crippen molar-refractivity contribution in [1.82, 2.24) is 0 Å². The molecule has 0 amide bonds. The second-order valence-electron chi connectivity index (χ2n) is 1.90. The molecular formula is C8H9O2. The van der Waals surface area contributed by atoms with Crippen LogP contribution in [0.2, 0.25) is 0 Å². The first-order valence-corrected chi connectivity index (χ1v) is 3.23. The highest BCUT2D eigenvalue weighted by molar-refractivity contribution is 5.29. The molecule has 0 aliphatic heterocycles. The van der Waals surface area contributed by atoms with E-state index in [1.807, 2.05) is 6.92 Å². The van der Waals surface area contributed by atoms with Gasteiger partial charge in [0.25, 0.3) is 0 Å². The van der Waals surface area contributed by atoms with Gasteiger partial charge in [0.1, 0.15) is 5.75 Å². The number of benzene rings is 1. The molecule has 0 N–H and O–H groups in total. The topological polar surface area (TPSA) is 29.1 Å². The summed E-state index contributed by atoms with van der Waals surface area (Å²) in [4.78, 5) is 0. The summed E-state index contributed by atoms with van der Waals surface area (Å²) in [6, 6.07) is 6.33. The molecule has 1 aromatic carbocycles. The minimum atomic E-state index is 0.0171. The first kappa shape index (κ1) is 6.93. The van der Waals surface area contributed by atoms with E-state index in [0.29, 0.717) is 6.61 Å². The first-order chi connectivity index (χ1) is 4.83.